The second kappa shape index (κ2) is 11.0. The number of carbonyl (C=O) groups is 1. The average Bonchev–Trinajstić information content (AvgIpc) is 2.89. The molecule has 0 aliphatic heterocycles. The molecular weight excluding hydrogens is 464 g/mol. The van der Waals surface area contributed by atoms with Crippen LogP contribution in [0.4, 0.5) is 11.4 Å². The van der Waals surface area contributed by atoms with E-state index in [-0.39, 0.29) is 22.9 Å². The standard InChI is InChI=1S/C26H24N4O4S/c1-28(20-13-15-21(16-14-20)30(33)34)24(31)18-35-26-27-23-12-6-5-11-22(23)25(32)29(26)17-7-10-19-8-3-2-4-9-19/h2-6,8-9,11-16H,7,10,17-18H2,1H3. The van der Waals surface area contributed by atoms with Crippen molar-refractivity contribution in [3.63, 3.8) is 0 Å². The van der Waals surface area contributed by atoms with Gasteiger partial charge in [-0.1, -0.05) is 54.2 Å². The molecule has 0 aliphatic carbocycles. The second-order valence-electron chi connectivity index (χ2n) is 7.97. The summed E-state index contributed by atoms with van der Waals surface area (Å²) in [5.74, 6) is -0.140. The van der Waals surface area contributed by atoms with Crippen LogP contribution in [0.3, 0.4) is 0 Å². The molecule has 9 heteroatoms. The minimum absolute atomic E-state index is 0.0381. The van der Waals surface area contributed by atoms with Gasteiger partial charge in [-0.25, -0.2) is 4.98 Å². The van der Waals surface area contributed by atoms with Crippen LogP contribution < -0.4 is 10.5 Å². The van der Waals surface area contributed by atoms with E-state index >= 15 is 0 Å². The van der Waals surface area contributed by atoms with Crippen LogP contribution in [0.25, 0.3) is 10.9 Å². The molecule has 1 amide bonds. The Labute approximate surface area is 206 Å². The van der Waals surface area contributed by atoms with E-state index < -0.39 is 4.92 Å². The van der Waals surface area contributed by atoms with Crippen LogP contribution in [-0.2, 0) is 17.8 Å². The number of thioether (sulfide) groups is 1. The summed E-state index contributed by atoms with van der Waals surface area (Å²) in [6.45, 7) is 0.486. The number of hydrogen-bond donors (Lipinski definition) is 0. The van der Waals surface area contributed by atoms with E-state index in [9.17, 15) is 19.7 Å². The minimum atomic E-state index is -0.482. The molecule has 0 atom stereocenters. The summed E-state index contributed by atoms with van der Waals surface area (Å²) >= 11 is 1.21. The smallest absolute Gasteiger partial charge is 0.269 e. The Balaban J connectivity index is 1.51. The molecule has 4 rings (SSSR count). The first kappa shape index (κ1) is 24.2. The van der Waals surface area contributed by atoms with Crippen LogP contribution in [0.15, 0.2) is 88.8 Å². The third kappa shape index (κ3) is 5.75. The molecule has 35 heavy (non-hydrogen) atoms. The van der Waals surface area contributed by atoms with Crippen LogP contribution in [0.5, 0.6) is 0 Å². The van der Waals surface area contributed by atoms with Gasteiger partial charge in [0, 0.05) is 31.4 Å². The van der Waals surface area contributed by atoms with Crippen LogP contribution in [-0.4, -0.2) is 33.2 Å². The van der Waals surface area contributed by atoms with Crippen LogP contribution in [0.1, 0.15) is 12.0 Å². The molecule has 0 saturated heterocycles. The summed E-state index contributed by atoms with van der Waals surface area (Å²) in [7, 11) is 1.62. The zero-order valence-electron chi connectivity index (χ0n) is 19.2. The van der Waals surface area contributed by atoms with Crippen molar-refractivity contribution in [1.29, 1.82) is 0 Å². The topological polar surface area (TPSA) is 98.3 Å². The summed E-state index contributed by atoms with van der Waals surface area (Å²) in [6.07, 6.45) is 1.58. The number of anilines is 1. The van der Waals surface area contributed by atoms with Gasteiger partial charge in [-0.05, 0) is 42.7 Å². The lowest BCUT2D eigenvalue weighted by Gasteiger charge is -2.18. The zero-order chi connectivity index (χ0) is 24.8. The Morgan fingerprint density at radius 1 is 1.03 bits per heavy atom. The van der Waals surface area contributed by atoms with Crippen molar-refractivity contribution < 1.29 is 9.72 Å². The SMILES string of the molecule is CN(C(=O)CSc1nc2ccccc2c(=O)n1CCCc1ccccc1)c1ccc([N+](=O)[O-])cc1. The first-order valence-corrected chi connectivity index (χ1v) is 12.1. The summed E-state index contributed by atoms with van der Waals surface area (Å²) < 4.78 is 1.65. The molecule has 0 unspecified atom stereocenters. The van der Waals surface area contributed by atoms with Crippen molar-refractivity contribution in [2.45, 2.75) is 24.5 Å². The number of para-hydroxylation sites is 1. The third-order valence-electron chi connectivity index (χ3n) is 5.66. The molecule has 0 spiro atoms. The van der Waals surface area contributed by atoms with E-state index in [1.165, 1.54) is 46.5 Å². The zero-order valence-corrected chi connectivity index (χ0v) is 20.0. The quantitative estimate of drug-likeness (QED) is 0.147. The molecule has 0 N–H and O–H groups in total. The molecule has 4 aromatic rings. The molecule has 0 bridgehead atoms. The fourth-order valence-electron chi connectivity index (χ4n) is 3.71. The highest BCUT2D eigenvalue weighted by atomic mass is 32.2. The average molecular weight is 489 g/mol. The van der Waals surface area contributed by atoms with Gasteiger partial charge in [-0.15, -0.1) is 0 Å². The van der Waals surface area contributed by atoms with E-state index in [2.05, 4.69) is 17.1 Å². The first-order valence-electron chi connectivity index (χ1n) is 11.1. The molecule has 0 aliphatic rings. The lowest BCUT2D eigenvalue weighted by molar-refractivity contribution is -0.384. The van der Waals surface area contributed by atoms with Gasteiger partial charge >= 0.3 is 0 Å². The molecular formula is C26H24N4O4S. The number of rotatable bonds is 9. The maximum Gasteiger partial charge on any atom is 0.269 e. The Bertz CT molecular complexity index is 1400. The van der Waals surface area contributed by atoms with E-state index in [4.69, 9.17) is 0 Å². The van der Waals surface area contributed by atoms with Crippen molar-refractivity contribution in [3.05, 3.63) is 105 Å². The number of nitro benzene ring substituents is 1. The van der Waals surface area contributed by atoms with Crippen LogP contribution in [0, 0.1) is 10.1 Å². The minimum Gasteiger partial charge on any atom is -0.315 e. The van der Waals surface area contributed by atoms with Crippen molar-refractivity contribution in [3.8, 4) is 0 Å². The number of aromatic nitrogens is 2. The summed E-state index contributed by atoms with van der Waals surface area (Å²) in [6, 6.07) is 23.1. The molecule has 1 aromatic heterocycles. The van der Waals surface area contributed by atoms with Crippen LogP contribution in [0.2, 0.25) is 0 Å². The predicted octanol–water partition coefficient (Wildman–Crippen LogP) is 4.69. The molecule has 178 valence electrons. The number of aryl methyl sites for hydroxylation is 1. The van der Waals surface area contributed by atoms with E-state index in [1.807, 2.05) is 30.3 Å². The Morgan fingerprint density at radius 3 is 2.43 bits per heavy atom. The monoisotopic (exact) mass is 488 g/mol. The number of fused-ring (bicyclic) bond motifs is 1. The maximum atomic E-state index is 13.2. The predicted molar refractivity (Wildman–Crippen MR) is 138 cm³/mol. The van der Waals surface area contributed by atoms with Gasteiger partial charge in [0.1, 0.15) is 0 Å². The molecule has 0 fully saturated rings. The number of nitrogens with zero attached hydrogens (tertiary/aromatic N) is 4. The number of benzene rings is 3. The third-order valence-corrected chi connectivity index (χ3v) is 6.62. The number of hydrogen-bond acceptors (Lipinski definition) is 6. The Hall–Kier alpha value is -3.98. The highest BCUT2D eigenvalue weighted by Gasteiger charge is 2.17. The number of non-ortho nitro benzene ring substituents is 1. The van der Waals surface area contributed by atoms with Gasteiger partial charge < -0.3 is 4.90 Å². The lowest BCUT2D eigenvalue weighted by Crippen LogP contribution is -2.29. The van der Waals surface area contributed by atoms with Gasteiger partial charge in [0.05, 0.1) is 21.6 Å². The molecule has 8 nitrogen and oxygen atoms in total. The highest BCUT2D eigenvalue weighted by Crippen LogP contribution is 2.22. The fraction of sp³-hybridized carbons (Fsp3) is 0.192. The summed E-state index contributed by atoms with van der Waals surface area (Å²) in [4.78, 5) is 42.6. The van der Waals surface area contributed by atoms with Gasteiger partial charge in [-0.3, -0.25) is 24.3 Å². The van der Waals surface area contributed by atoms with Gasteiger partial charge in [0.2, 0.25) is 5.91 Å². The Morgan fingerprint density at radius 2 is 1.71 bits per heavy atom. The largest absolute Gasteiger partial charge is 0.315 e. The van der Waals surface area contributed by atoms with Crippen molar-refractivity contribution in [2.75, 3.05) is 17.7 Å². The first-order chi connectivity index (χ1) is 16.9. The maximum absolute atomic E-state index is 13.2. The summed E-state index contributed by atoms with van der Waals surface area (Å²) in [5.41, 5.74) is 2.18. The van der Waals surface area contributed by atoms with E-state index in [0.717, 1.165) is 12.8 Å². The highest BCUT2D eigenvalue weighted by molar-refractivity contribution is 7.99. The van der Waals surface area contributed by atoms with Gasteiger partial charge in [0.15, 0.2) is 5.16 Å². The molecule has 1 heterocycles. The lowest BCUT2D eigenvalue weighted by atomic mass is 10.1. The number of amides is 1. The normalized spacial score (nSPS) is 10.9. The molecule has 0 radical (unpaired) electrons. The van der Waals surface area contributed by atoms with Crippen molar-refractivity contribution >= 4 is 39.9 Å². The van der Waals surface area contributed by atoms with Crippen LogP contribution >= 0.6 is 11.8 Å². The van der Waals surface area contributed by atoms with E-state index in [0.29, 0.717) is 28.3 Å². The summed E-state index contributed by atoms with van der Waals surface area (Å²) in [5, 5.41) is 11.9. The van der Waals surface area contributed by atoms with Gasteiger partial charge in [-0.2, -0.15) is 0 Å². The van der Waals surface area contributed by atoms with E-state index in [1.54, 1.807) is 23.7 Å². The van der Waals surface area contributed by atoms with Gasteiger partial charge in [0.25, 0.3) is 11.2 Å². The second-order valence-corrected chi connectivity index (χ2v) is 8.91. The van der Waals surface area contributed by atoms with Crippen molar-refractivity contribution in [2.24, 2.45) is 0 Å². The Kier molecular flexibility index (Phi) is 7.57. The molecule has 3 aromatic carbocycles. The molecule has 0 saturated carbocycles. The number of carbonyl (C=O) groups excluding carboxylic acids is 1. The van der Waals surface area contributed by atoms with Crippen molar-refractivity contribution in [1.82, 2.24) is 9.55 Å². The number of nitro groups is 1. The fourth-order valence-corrected chi connectivity index (χ4v) is 4.65.